The van der Waals surface area contributed by atoms with E-state index in [2.05, 4.69) is 11.8 Å². The van der Waals surface area contributed by atoms with E-state index in [-0.39, 0.29) is 24.3 Å². The van der Waals surface area contributed by atoms with Gasteiger partial charge in [-0.1, -0.05) is 12.1 Å². The molecule has 1 aliphatic heterocycles. The molecule has 4 heteroatoms. The van der Waals surface area contributed by atoms with Gasteiger partial charge in [-0.3, -0.25) is 4.90 Å². The molecule has 0 aliphatic carbocycles. The van der Waals surface area contributed by atoms with E-state index in [4.69, 9.17) is 5.73 Å². The fraction of sp³-hybridized carbons (Fsp3) is 0.538. The van der Waals surface area contributed by atoms with Crippen molar-refractivity contribution in [3.63, 3.8) is 0 Å². The lowest BCUT2D eigenvalue weighted by Gasteiger charge is -2.35. The highest BCUT2D eigenvalue weighted by Gasteiger charge is 2.21. The number of piperidine rings is 1. The van der Waals surface area contributed by atoms with Crippen LogP contribution in [0.15, 0.2) is 24.3 Å². The van der Waals surface area contributed by atoms with Crippen molar-refractivity contribution in [1.29, 1.82) is 0 Å². The quantitative estimate of drug-likeness (QED) is 0.884. The Morgan fingerprint density at radius 1 is 1.35 bits per heavy atom. The minimum Gasteiger partial charge on any atom is -0.327 e. The summed E-state index contributed by atoms with van der Waals surface area (Å²) in [5.41, 5.74) is 7.13. The average Bonchev–Trinajstić information content (AvgIpc) is 2.29. The van der Waals surface area contributed by atoms with Crippen molar-refractivity contribution in [2.45, 2.75) is 31.8 Å². The van der Waals surface area contributed by atoms with Crippen molar-refractivity contribution in [3.05, 3.63) is 35.6 Å². The summed E-state index contributed by atoms with van der Waals surface area (Å²) in [7, 11) is 0. The van der Waals surface area contributed by atoms with Gasteiger partial charge in [-0.25, -0.2) is 4.39 Å². The molecular weight excluding hydrogens is 239 g/mol. The Balaban J connectivity index is 0.00000144. The molecule has 0 amide bonds. The van der Waals surface area contributed by atoms with E-state index in [9.17, 15) is 4.39 Å². The summed E-state index contributed by atoms with van der Waals surface area (Å²) in [5.74, 6) is -0.175. The number of hydrogen-bond acceptors (Lipinski definition) is 2. The summed E-state index contributed by atoms with van der Waals surface area (Å²) in [6, 6.07) is 7.38. The van der Waals surface area contributed by atoms with E-state index in [1.54, 1.807) is 0 Å². The first kappa shape index (κ1) is 14.4. The fourth-order valence-electron chi connectivity index (χ4n) is 2.34. The van der Waals surface area contributed by atoms with Crippen molar-refractivity contribution >= 4 is 12.4 Å². The molecule has 0 radical (unpaired) electrons. The zero-order valence-corrected chi connectivity index (χ0v) is 10.9. The maximum atomic E-state index is 12.8. The van der Waals surface area contributed by atoms with Crippen LogP contribution in [-0.2, 0) is 0 Å². The topological polar surface area (TPSA) is 29.3 Å². The molecule has 1 saturated heterocycles. The van der Waals surface area contributed by atoms with Crippen LogP contribution in [0.5, 0.6) is 0 Å². The van der Waals surface area contributed by atoms with Crippen LogP contribution in [0.25, 0.3) is 0 Å². The van der Waals surface area contributed by atoms with Gasteiger partial charge in [-0.2, -0.15) is 0 Å². The molecule has 0 bridgehead atoms. The van der Waals surface area contributed by atoms with Gasteiger partial charge in [-0.05, 0) is 44.0 Å². The summed E-state index contributed by atoms with van der Waals surface area (Å²) >= 11 is 0. The van der Waals surface area contributed by atoms with Gasteiger partial charge >= 0.3 is 0 Å². The third kappa shape index (κ3) is 3.66. The fourth-order valence-corrected chi connectivity index (χ4v) is 2.34. The molecular formula is C13H20ClFN2. The Morgan fingerprint density at radius 3 is 2.59 bits per heavy atom. The maximum Gasteiger partial charge on any atom is 0.123 e. The lowest BCUT2D eigenvalue weighted by atomic mass is 10.0. The van der Waals surface area contributed by atoms with Crippen LogP contribution >= 0.6 is 12.4 Å². The predicted octanol–water partition coefficient (Wildman–Crippen LogP) is 2.73. The van der Waals surface area contributed by atoms with Crippen LogP contribution in [0.3, 0.4) is 0 Å². The number of likely N-dealkylation sites (tertiary alicyclic amines) is 1. The zero-order chi connectivity index (χ0) is 11.5. The monoisotopic (exact) mass is 258 g/mol. The molecule has 2 atom stereocenters. The minimum atomic E-state index is -0.175. The van der Waals surface area contributed by atoms with E-state index in [1.165, 1.54) is 12.1 Å². The summed E-state index contributed by atoms with van der Waals surface area (Å²) in [4.78, 5) is 2.38. The molecule has 0 aromatic heterocycles. The van der Waals surface area contributed by atoms with Gasteiger partial charge in [0.25, 0.3) is 0 Å². The first-order valence-electron chi connectivity index (χ1n) is 5.92. The highest BCUT2D eigenvalue weighted by Crippen LogP contribution is 2.23. The predicted molar refractivity (Wildman–Crippen MR) is 70.8 cm³/mol. The zero-order valence-electron chi connectivity index (χ0n) is 10.1. The van der Waals surface area contributed by atoms with Crippen LogP contribution in [0.4, 0.5) is 4.39 Å². The molecule has 1 fully saturated rings. The van der Waals surface area contributed by atoms with Gasteiger partial charge in [0.05, 0.1) is 0 Å². The van der Waals surface area contributed by atoms with E-state index in [1.807, 2.05) is 12.1 Å². The number of hydrogen-bond donors (Lipinski definition) is 1. The SMILES string of the molecule is CC(c1ccc(F)cc1)N1CCCC(N)C1.Cl. The Hall–Kier alpha value is -0.640. The molecule has 2 N–H and O–H groups in total. The van der Waals surface area contributed by atoms with E-state index >= 15 is 0 Å². The highest BCUT2D eigenvalue weighted by molar-refractivity contribution is 5.85. The van der Waals surface area contributed by atoms with Crippen molar-refractivity contribution in [1.82, 2.24) is 4.90 Å². The average molecular weight is 259 g/mol. The highest BCUT2D eigenvalue weighted by atomic mass is 35.5. The third-order valence-corrected chi connectivity index (χ3v) is 3.39. The van der Waals surface area contributed by atoms with Crippen molar-refractivity contribution in [2.24, 2.45) is 5.73 Å². The van der Waals surface area contributed by atoms with Gasteiger partial charge in [0, 0.05) is 18.6 Å². The first-order valence-corrected chi connectivity index (χ1v) is 5.92. The minimum absolute atomic E-state index is 0. The summed E-state index contributed by atoms with van der Waals surface area (Å²) in [6.45, 7) is 4.19. The standard InChI is InChI=1S/C13H19FN2.ClH/c1-10(11-4-6-12(14)7-5-11)16-8-2-3-13(15)9-16;/h4-7,10,13H,2-3,8-9,15H2,1H3;1H. The van der Waals surface area contributed by atoms with Crippen LogP contribution in [0.2, 0.25) is 0 Å². The number of nitrogens with two attached hydrogens (primary N) is 1. The Morgan fingerprint density at radius 2 is 2.00 bits per heavy atom. The van der Waals surface area contributed by atoms with E-state index in [0.717, 1.165) is 31.5 Å². The van der Waals surface area contributed by atoms with Gasteiger partial charge in [0.15, 0.2) is 0 Å². The smallest absolute Gasteiger partial charge is 0.123 e. The summed E-state index contributed by atoms with van der Waals surface area (Å²) in [6.07, 6.45) is 2.28. The number of nitrogens with zero attached hydrogens (tertiary/aromatic N) is 1. The molecule has 17 heavy (non-hydrogen) atoms. The maximum absolute atomic E-state index is 12.8. The summed E-state index contributed by atoms with van der Waals surface area (Å²) in [5, 5.41) is 0. The molecule has 0 saturated carbocycles. The lowest BCUT2D eigenvalue weighted by molar-refractivity contribution is 0.159. The Kier molecular flexibility index (Phi) is 5.37. The molecule has 1 heterocycles. The Labute approximate surface area is 108 Å². The molecule has 2 unspecified atom stereocenters. The second kappa shape index (κ2) is 6.34. The molecule has 96 valence electrons. The van der Waals surface area contributed by atoms with Gasteiger partial charge < -0.3 is 5.73 Å². The normalized spacial score (nSPS) is 22.9. The van der Waals surface area contributed by atoms with Gasteiger partial charge in [0.2, 0.25) is 0 Å². The molecule has 1 aromatic carbocycles. The van der Waals surface area contributed by atoms with Gasteiger partial charge in [0.1, 0.15) is 5.82 Å². The first-order chi connectivity index (χ1) is 7.66. The largest absolute Gasteiger partial charge is 0.327 e. The third-order valence-electron chi connectivity index (χ3n) is 3.39. The number of rotatable bonds is 2. The van der Waals surface area contributed by atoms with E-state index < -0.39 is 0 Å². The van der Waals surface area contributed by atoms with Crippen LogP contribution in [0, 0.1) is 5.82 Å². The lowest BCUT2D eigenvalue weighted by Crippen LogP contribution is -2.43. The van der Waals surface area contributed by atoms with Crippen molar-refractivity contribution < 1.29 is 4.39 Å². The van der Waals surface area contributed by atoms with Crippen LogP contribution in [0.1, 0.15) is 31.4 Å². The second-order valence-electron chi connectivity index (χ2n) is 4.62. The van der Waals surface area contributed by atoms with Crippen molar-refractivity contribution in [3.8, 4) is 0 Å². The molecule has 1 aromatic rings. The number of halogens is 2. The van der Waals surface area contributed by atoms with Gasteiger partial charge in [-0.15, -0.1) is 12.4 Å². The molecule has 0 spiro atoms. The van der Waals surface area contributed by atoms with Crippen LogP contribution in [-0.4, -0.2) is 24.0 Å². The number of benzene rings is 1. The Bertz CT molecular complexity index is 342. The van der Waals surface area contributed by atoms with Crippen molar-refractivity contribution in [2.75, 3.05) is 13.1 Å². The molecule has 2 rings (SSSR count). The van der Waals surface area contributed by atoms with Crippen LogP contribution < -0.4 is 5.73 Å². The molecule has 2 nitrogen and oxygen atoms in total. The second-order valence-corrected chi connectivity index (χ2v) is 4.62. The van der Waals surface area contributed by atoms with E-state index in [0.29, 0.717) is 6.04 Å². The summed E-state index contributed by atoms with van der Waals surface area (Å²) < 4.78 is 12.8. The molecule has 1 aliphatic rings.